The third kappa shape index (κ3) is 2.99. The van der Waals surface area contributed by atoms with Crippen molar-refractivity contribution in [2.45, 2.75) is 39.4 Å². The molecule has 3 rings (SSSR count). The molecule has 5 heteroatoms. The molecule has 20 heavy (non-hydrogen) atoms. The van der Waals surface area contributed by atoms with Crippen LogP contribution in [0, 0.1) is 0 Å². The van der Waals surface area contributed by atoms with Crippen LogP contribution in [-0.2, 0) is 19.5 Å². The van der Waals surface area contributed by atoms with E-state index in [0.29, 0.717) is 6.04 Å². The van der Waals surface area contributed by atoms with Crippen molar-refractivity contribution in [3.63, 3.8) is 0 Å². The quantitative estimate of drug-likeness (QED) is 0.939. The second-order valence-electron chi connectivity index (χ2n) is 5.46. The molecule has 0 aromatic carbocycles. The fraction of sp³-hybridized carbons (Fsp3) is 0.467. The third-order valence-corrected chi connectivity index (χ3v) is 4.55. The van der Waals surface area contributed by atoms with Gasteiger partial charge in [0.1, 0.15) is 0 Å². The van der Waals surface area contributed by atoms with E-state index in [1.54, 1.807) is 0 Å². The predicted molar refractivity (Wildman–Crippen MR) is 83.1 cm³/mol. The summed E-state index contributed by atoms with van der Waals surface area (Å²) in [7, 11) is 0. The molecule has 2 aromatic rings. The van der Waals surface area contributed by atoms with Gasteiger partial charge >= 0.3 is 0 Å². The summed E-state index contributed by atoms with van der Waals surface area (Å²) in [6.07, 6.45) is 1.12. The van der Waals surface area contributed by atoms with E-state index in [1.165, 1.54) is 10.4 Å². The SMILES string of the molecule is CC(C)NCc1ccc(N2CCc3sccc3C2)nn1. The molecule has 0 atom stereocenters. The Morgan fingerprint density at radius 2 is 2.20 bits per heavy atom. The van der Waals surface area contributed by atoms with E-state index in [9.17, 15) is 0 Å². The molecule has 0 radical (unpaired) electrons. The van der Waals surface area contributed by atoms with Crippen molar-refractivity contribution in [3.8, 4) is 0 Å². The van der Waals surface area contributed by atoms with Gasteiger partial charge in [0.25, 0.3) is 0 Å². The minimum Gasteiger partial charge on any atom is -0.350 e. The Morgan fingerprint density at radius 3 is 2.95 bits per heavy atom. The lowest BCUT2D eigenvalue weighted by molar-refractivity contribution is 0.576. The van der Waals surface area contributed by atoms with Crippen molar-refractivity contribution in [1.82, 2.24) is 15.5 Å². The topological polar surface area (TPSA) is 41.0 Å². The van der Waals surface area contributed by atoms with E-state index < -0.39 is 0 Å². The molecule has 1 aliphatic rings. The van der Waals surface area contributed by atoms with Gasteiger partial charge in [-0.1, -0.05) is 13.8 Å². The molecular weight excluding hydrogens is 268 g/mol. The van der Waals surface area contributed by atoms with Gasteiger partial charge < -0.3 is 10.2 Å². The Labute approximate surface area is 123 Å². The van der Waals surface area contributed by atoms with Crippen LogP contribution in [0.15, 0.2) is 23.6 Å². The molecule has 106 valence electrons. The Bertz CT molecular complexity index is 562. The van der Waals surface area contributed by atoms with Crippen LogP contribution in [0.2, 0.25) is 0 Å². The maximum Gasteiger partial charge on any atom is 0.151 e. The standard InChI is InChI=1S/C15H20N4S/c1-11(2)16-9-13-3-4-15(18-17-13)19-7-5-14-12(10-19)6-8-20-14/h3-4,6,8,11,16H,5,7,9-10H2,1-2H3. The number of hydrogen-bond acceptors (Lipinski definition) is 5. The Hall–Kier alpha value is -1.46. The van der Waals surface area contributed by atoms with Crippen LogP contribution in [0.5, 0.6) is 0 Å². The number of hydrogen-bond donors (Lipinski definition) is 1. The summed E-state index contributed by atoms with van der Waals surface area (Å²) in [5.74, 6) is 0.982. The maximum absolute atomic E-state index is 4.38. The number of anilines is 1. The van der Waals surface area contributed by atoms with Gasteiger partial charge in [0, 0.05) is 30.6 Å². The first kappa shape index (κ1) is 13.5. The lowest BCUT2D eigenvalue weighted by Gasteiger charge is -2.27. The van der Waals surface area contributed by atoms with Crippen LogP contribution in [0.25, 0.3) is 0 Å². The minimum atomic E-state index is 0.468. The molecule has 0 aliphatic carbocycles. The van der Waals surface area contributed by atoms with Crippen LogP contribution in [0.4, 0.5) is 5.82 Å². The molecule has 0 bridgehead atoms. The summed E-state index contributed by atoms with van der Waals surface area (Å²) in [5, 5.41) is 14.2. The first-order chi connectivity index (χ1) is 9.72. The Balaban J connectivity index is 1.66. The molecule has 0 unspecified atom stereocenters. The van der Waals surface area contributed by atoms with Crippen molar-refractivity contribution < 1.29 is 0 Å². The molecule has 4 nitrogen and oxygen atoms in total. The van der Waals surface area contributed by atoms with Crippen molar-refractivity contribution >= 4 is 17.2 Å². The highest BCUT2D eigenvalue weighted by Crippen LogP contribution is 2.26. The van der Waals surface area contributed by atoms with Crippen LogP contribution >= 0.6 is 11.3 Å². The summed E-state index contributed by atoms with van der Waals surface area (Å²) in [6, 6.07) is 6.85. The number of nitrogens with one attached hydrogen (secondary N) is 1. The zero-order valence-electron chi connectivity index (χ0n) is 12.0. The normalized spacial score (nSPS) is 14.7. The summed E-state index contributed by atoms with van der Waals surface area (Å²) in [4.78, 5) is 3.83. The third-order valence-electron chi connectivity index (χ3n) is 3.53. The summed E-state index contributed by atoms with van der Waals surface area (Å²) in [5.41, 5.74) is 2.43. The summed E-state index contributed by atoms with van der Waals surface area (Å²) < 4.78 is 0. The van der Waals surface area contributed by atoms with Gasteiger partial charge in [-0.25, -0.2) is 0 Å². The molecule has 0 fully saturated rings. The van der Waals surface area contributed by atoms with Crippen molar-refractivity contribution in [2.24, 2.45) is 0 Å². The zero-order chi connectivity index (χ0) is 13.9. The summed E-state index contributed by atoms with van der Waals surface area (Å²) >= 11 is 1.86. The fourth-order valence-corrected chi connectivity index (χ4v) is 3.26. The Kier molecular flexibility index (Phi) is 3.98. The highest BCUT2D eigenvalue weighted by atomic mass is 32.1. The average molecular weight is 288 g/mol. The van der Waals surface area contributed by atoms with Crippen molar-refractivity contribution in [2.75, 3.05) is 11.4 Å². The lowest BCUT2D eigenvalue weighted by atomic mass is 10.1. The van der Waals surface area contributed by atoms with Gasteiger partial charge in [-0.15, -0.1) is 16.4 Å². The van der Waals surface area contributed by atoms with Crippen LogP contribution in [0.1, 0.15) is 30.0 Å². The molecule has 3 heterocycles. The highest BCUT2D eigenvalue weighted by molar-refractivity contribution is 7.10. The monoisotopic (exact) mass is 288 g/mol. The second-order valence-corrected chi connectivity index (χ2v) is 6.46. The number of fused-ring (bicyclic) bond motifs is 1. The van der Waals surface area contributed by atoms with E-state index in [-0.39, 0.29) is 0 Å². The lowest BCUT2D eigenvalue weighted by Crippen LogP contribution is -2.30. The maximum atomic E-state index is 4.38. The van der Waals surface area contributed by atoms with Crippen molar-refractivity contribution in [1.29, 1.82) is 0 Å². The van der Waals surface area contributed by atoms with Crippen molar-refractivity contribution in [3.05, 3.63) is 39.7 Å². The molecular formula is C15H20N4S. The van der Waals surface area contributed by atoms with Gasteiger partial charge in [0.05, 0.1) is 5.69 Å². The fourth-order valence-electron chi connectivity index (χ4n) is 2.37. The van der Waals surface area contributed by atoms with Gasteiger partial charge in [0.15, 0.2) is 5.82 Å². The molecule has 0 saturated heterocycles. The predicted octanol–water partition coefficient (Wildman–Crippen LogP) is 2.60. The molecule has 2 aromatic heterocycles. The van der Waals surface area contributed by atoms with Crippen LogP contribution < -0.4 is 10.2 Å². The van der Waals surface area contributed by atoms with Gasteiger partial charge in [-0.3, -0.25) is 0 Å². The molecule has 0 spiro atoms. The van der Waals surface area contributed by atoms with E-state index in [0.717, 1.165) is 37.6 Å². The van der Waals surface area contributed by atoms with E-state index in [1.807, 2.05) is 11.3 Å². The van der Waals surface area contributed by atoms with E-state index in [4.69, 9.17) is 0 Å². The van der Waals surface area contributed by atoms with Crippen LogP contribution in [-0.4, -0.2) is 22.8 Å². The first-order valence-corrected chi connectivity index (χ1v) is 7.96. The van der Waals surface area contributed by atoms with E-state index in [2.05, 4.69) is 57.8 Å². The average Bonchev–Trinajstić information content (AvgIpc) is 2.93. The highest BCUT2D eigenvalue weighted by Gasteiger charge is 2.18. The minimum absolute atomic E-state index is 0.468. The van der Waals surface area contributed by atoms with Gasteiger partial charge in [0.2, 0.25) is 0 Å². The van der Waals surface area contributed by atoms with Crippen LogP contribution in [0.3, 0.4) is 0 Å². The largest absolute Gasteiger partial charge is 0.350 e. The Morgan fingerprint density at radius 1 is 1.30 bits per heavy atom. The zero-order valence-corrected chi connectivity index (χ0v) is 12.8. The summed E-state index contributed by atoms with van der Waals surface area (Å²) in [6.45, 7) is 7.03. The smallest absolute Gasteiger partial charge is 0.151 e. The van der Waals surface area contributed by atoms with Gasteiger partial charge in [-0.05, 0) is 35.6 Å². The van der Waals surface area contributed by atoms with Gasteiger partial charge in [-0.2, -0.15) is 5.10 Å². The second kappa shape index (κ2) is 5.89. The number of aromatic nitrogens is 2. The first-order valence-electron chi connectivity index (χ1n) is 7.08. The molecule has 0 saturated carbocycles. The number of nitrogens with zero attached hydrogens (tertiary/aromatic N) is 3. The molecule has 0 amide bonds. The van der Waals surface area contributed by atoms with E-state index >= 15 is 0 Å². The number of thiophene rings is 1. The number of rotatable bonds is 4. The molecule has 1 aliphatic heterocycles. The molecule has 1 N–H and O–H groups in total.